The van der Waals surface area contributed by atoms with E-state index < -0.39 is 0 Å². The van der Waals surface area contributed by atoms with Gasteiger partial charge in [0.05, 0.1) is 0 Å². The number of rotatable bonds is 1. The SMILES string of the molecule is CC(=O)/C=C1/CCc2cc(F)ccc21. The highest BCUT2D eigenvalue weighted by Gasteiger charge is 2.16. The molecule has 0 saturated carbocycles. The minimum atomic E-state index is -0.201. The first-order chi connectivity index (χ1) is 6.66. The molecule has 0 unspecified atom stereocenters. The Bertz CT molecular complexity index is 418. The summed E-state index contributed by atoms with van der Waals surface area (Å²) in [5.41, 5.74) is 3.08. The number of halogens is 1. The predicted molar refractivity (Wildman–Crippen MR) is 53.4 cm³/mol. The minimum Gasteiger partial charge on any atom is -0.295 e. The van der Waals surface area contributed by atoms with Crippen LogP contribution in [0.1, 0.15) is 24.5 Å². The third-order valence-corrected chi connectivity index (χ3v) is 2.45. The number of fused-ring (bicyclic) bond motifs is 1. The van der Waals surface area contributed by atoms with Gasteiger partial charge in [-0.25, -0.2) is 4.39 Å². The molecule has 0 radical (unpaired) electrons. The molecule has 1 aromatic rings. The molecule has 0 atom stereocenters. The maximum Gasteiger partial charge on any atom is 0.152 e. The number of hydrogen-bond acceptors (Lipinski definition) is 1. The van der Waals surface area contributed by atoms with Crippen molar-refractivity contribution in [3.8, 4) is 0 Å². The average molecular weight is 190 g/mol. The van der Waals surface area contributed by atoms with Crippen molar-refractivity contribution >= 4 is 11.4 Å². The summed E-state index contributed by atoms with van der Waals surface area (Å²) in [6.07, 6.45) is 3.33. The van der Waals surface area contributed by atoms with Crippen molar-refractivity contribution in [2.24, 2.45) is 0 Å². The Balaban J connectivity index is 2.45. The van der Waals surface area contributed by atoms with Gasteiger partial charge in [0.1, 0.15) is 5.82 Å². The molecule has 72 valence electrons. The van der Waals surface area contributed by atoms with E-state index in [1.165, 1.54) is 13.0 Å². The predicted octanol–water partition coefficient (Wildman–Crippen LogP) is 2.74. The van der Waals surface area contributed by atoms with Gasteiger partial charge in [-0.05, 0) is 54.7 Å². The molecule has 1 aliphatic carbocycles. The molecule has 0 aromatic heterocycles. The van der Waals surface area contributed by atoms with Crippen LogP contribution < -0.4 is 0 Å². The summed E-state index contributed by atoms with van der Waals surface area (Å²) in [4.78, 5) is 10.9. The smallest absolute Gasteiger partial charge is 0.152 e. The van der Waals surface area contributed by atoms with Crippen molar-refractivity contribution in [1.29, 1.82) is 0 Å². The molecule has 0 aliphatic heterocycles. The summed E-state index contributed by atoms with van der Waals surface area (Å²) < 4.78 is 12.9. The third kappa shape index (κ3) is 1.60. The highest BCUT2D eigenvalue weighted by atomic mass is 19.1. The normalized spacial score (nSPS) is 17.1. The molecule has 2 rings (SSSR count). The van der Waals surface area contributed by atoms with Gasteiger partial charge >= 0.3 is 0 Å². The number of carbonyl (C=O) groups is 1. The number of ketones is 1. The van der Waals surface area contributed by atoms with Gasteiger partial charge in [0.2, 0.25) is 0 Å². The third-order valence-electron chi connectivity index (χ3n) is 2.45. The van der Waals surface area contributed by atoms with Crippen molar-refractivity contribution in [2.45, 2.75) is 19.8 Å². The van der Waals surface area contributed by atoms with Crippen LogP contribution in [-0.2, 0) is 11.2 Å². The minimum absolute atomic E-state index is 0.0529. The molecule has 1 nitrogen and oxygen atoms in total. The zero-order valence-corrected chi connectivity index (χ0v) is 8.01. The van der Waals surface area contributed by atoms with Crippen LogP contribution in [0.15, 0.2) is 24.3 Å². The quantitative estimate of drug-likeness (QED) is 0.622. The summed E-state index contributed by atoms with van der Waals surface area (Å²) in [5, 5.41) is 0. The van der Waals surface area contributed by atoms with Crippen molar-refractivity contribution in [3.05, 3.63) is 41.2 Å². The Morgan fingerprint density at radius 2 is 2.21 bits per heavy atom. The van der Waals surface area contributed by atoms with Crippen LogP contribution in [0.4, 0.5) is 4.39 Å². The van der Waals surface area contributed by atoms with Crippen LogP contribution in [0.25, 0.3) is 5.57 Å². The van der Waals surface area contributed by atoms with Gasteiger partial charge in [0.25, 0.3) is 0 Å². The summed E-state index contributed by atoms with van der Waals surface area (Å²) in [6.45, 7) is 1.54. The molecule has 1 aliphatic rings. The van der Waals surface area contributed by atoms with Gasteiger partial charge in [-0.1, -0.05) is 6.07 Å². The second-order valence-electron chi connectivity index (χ2n) is 3.58. The lowest BCUT2D eigenvalue weighted by atomic mass is 10.1. The molecule has 0 amide bonds. The summed E-state index contributed by atoms with van der Waals surface area (Å²) in [7, 11) is 0. The van der Waals surface area contributed by atoms with Gasteiger partial charge in [-0.15, -0.1) is 0 Å². The van der Waals surface area contributed by atoms with Gasteiger partial charge < -0.3 is 0 Å². The topological polar surface area (TPSA) is 17.1 Å². The Morgan fingerprint density at radius 1 is 1.43 bits per heavy atom. The monoisotopic (exact) mass is 190 g/mol. The van der Waals surface area contributed by atoms with Crippen LogP contribution in [-0.4, -0.2) is 5.78 Å². The van der Waals surface area contributed by atoms with E-state index in [1.807, 2.05) is 0 Å². The highest BCUT2D eigenvalue weighted by molar-refractivity contribution is 5.96. The van der Waals surface area contributed by atoms with Crippen LogP contribution in [0.5, 0.6) is 0 Å². The van der Waals surface area contributed by atoms with Crippen molar-refractivity contribution in [3.63, 3.8) is 0 Å². The molecular weight excluding hydrogens is 179 g/mol. The molecule has 14 heavy (non-hydrogen) atoms. The van der Waals surface area contributed by atoms with Crippen molar-refractivity contribution < 1.29 is 9.18 Å². The van der Waals surface area contributed by atoms with Gasteiger partial charge in [0.15, 0.2) is 5.78 Å². The molecule has 0 heterocycles. The first-order valence-electron chi connectivity index (χ1n) is 4.67. The number of hydrogen-bond donors (Lipinski definition) is 0. The average Bonchev–Trinajstić information content (AvgIpc) is 2.47. The fraction of sp³-hybridized carbons (Fsp3) is 0.250. The summed E-state index contributed by atoms with van der Waals surface area (Å²) in [5.74, 6) is -0.148. The maximum absolute atomic E-state index is 12.9. The molecule has 2 heteroatoms. The maximum atomic E-state index is 12.9. The van der Waals surface area contributed by atoms with Crippen LogP contribution in [0.3, 0.4) is 0 Å². The highest BCUT2D eigenvalue weighted by Crippen LogP contribution is 2.32. The largest absolute Gasteiger partial charge is 0.295 e. The first-order valence-corrected chi connectivity index (χ1v) is 4.67. The van der Waals surface area contributed by atoms with Gasteiger partial charge in [-0.2, -0.15) is 0 Å². The Hall–Kier alpha value is -1.44. The standard InChI is InChI=1S/C12H11FO/c1-8(14)6-9-2-3-10-7-11(13)4-5-12(9)10/h4-7H,2-3H2,1H3/b9-6-. The van der Waals surface area contributed by atoms with E-state index in [2.05, 4.69) is 0 Å². The van der Waals surface area contributed by atoms with Crippen LogP contribution in [0.2, 0.25) is 0 Å². The number of benzene rings is 1. The number of allylic oxidation sites excluding steroid dienone is 2. The molecule has 0 fully saturated rings. The zero-order valence-electron chi connectivity index (χ0n) is 8.01. The first kappa shape index (κ1) is 9.13. The van der Waals surface area contributed by atoms with E-state index in [0.717, 1.165) is 29.5 Å². The lowest BCUT2D eigenvalue weighted by Gasteiger charge is -1.99. The summed E-state index contributed by atoms with van der Waals surface area (Å²) >= 11 is 0. The lowest BCUT2D eigenvalue weighted by Crippen LogP contribution is -1.86. The molecule has 0 saturated heterocycles. The van der Waals surface area contributed by atoms with Crippen molar-refractivity contribution in [2.75, 3.05) is 0 Å². The van der Waals surface area contributed by atoms with E-state index in [-0.39, 0.29) is 11.6 Å². The van der Waals surface area contributed by atoms with E-state index in [4.69, 9.17) is 0 Å². The molecule has 1 aromatic carbocycles. The molecule has 0 spiro atoms. The second kappa shape index (κ2) is 3.37. The van der Waals surface area contributed by atoms with Crippen LogP contribution in [0, 0.1) is 5.82 Å². The molecule has 0 N–H and O–H groups in total. The Labute approximate surface area is 82.3 Å². The molecule has 0 bridgehead atoms. The Morgan fingerprint density at radius 3 is 2.93 bits per heavy atom. The van der Waals surface area contributed by atoms with E-state index >= 15 is 0 Å². The number of aryl methyl sites for hydroxylation is 1. The molecular formula is C12H11FO. The Kier molecular flexibility index (Phi) is 2.20. The summed E-state index contributed by atoms with van der Waals surface area (Å²) in [6, 6.07) is 4.75. The van der Waals surface area contributed by atoms with Crippen molar-refractivity contribution in [1.82, 2.24) is 0 Å². The van der Waals surface area contributed by atoms with Gasteiger partial charge in [-0.3, -0.25) is 4.79 Å². The van der Waals surface area contributed by atoms with E-state index in [9.17, 15) is 9.18 Å². The fourth-order valence-corrected chi connectivity index (χ4v) is 1.88. The lowest BCUT2D eigenvalue weighted by molar-refractivity contribution is -0.112. The van der Waals surface area contributed by atoms with Crippen LogP contribution >= 0.6 is 0 Å². The van der Waals surface area contributed by atoms with E-state index in [1.54, 1.807) is 18.2 Å². The fourth-order valence-electron chi connectivity index (χ4n) is 1.88. The van der Waals surface area contributed by atoms with E-state index in [0.29, 0.717) is 0 Å². The second-order valence-corrected chi connectivity index (χ2v) is 3.58. The number of carbonyl (C=O) groups excluding carboxylic acids is 1. The van der Waals surface area contributed by atoms with Gasteiger partial charge in [0, 0.05) is 0 Å². The zero-order chi connectivity index (χ0) is 10.1.